The highest BCUT2D eigenvalue weighted by atomic mass is 35.5. The lowest BCUT2D eigenvalue weighted by molar-refractivity contribution is -0.139. The lowest BCUT2D eigenvalue weighted by Crippen LogP contribution is -2.33. The number of nitrogens with one attached hydrogen (secondary N) is 1. The first-order valence-electron chi connectivity index (χ1n) is 4.97. The van der Waals surface area contributed by atoms with Crippen LogP contribution >= 0.6 is 11.6 Å². The van der Waals surface area contributed by atoms with Crippen LogP contribution in [0.15, 0.2) is 12.1 Å². The standard InChI is InChI=1S/C11H14ClNO4/c1-6(11(15)16)13-5-7-3-8(12)4-9(17-2)10(7)14/h3-4,6,13-14H,5H2,1-2H3,(H,15,16)/t6-/m0/s1. The van der Waals surface area contributed by atoms with Crippen LogP contribution in [0.3, 0.4) is 0 Å². The maximum absolute atomic E-state index is 10.6. The van der Waals surface area contributed by atoms with Crippen molar-refractivity contribution in [3.63, 3.8) is 0 Å². The van der Waals surface area contributed by atoms with Crippen LogP contribution in [0.1, 0.15) is 12.5 Å². The Morgan fingerprint density at radius 2 is 2.24 bits per heavy atom. The number of carboxylic acids is 1. The summed E-state index contributed by atoms with van der Waals surface area (Å²) >= 11 is 5.84. The Kier molecular flexibility index (Phi) is 4.60. The number of carbonyl (C=O) groups is 1. The summed E-state index contributed by atoms with van der Waals surface area (Å²) in [4.78, 5) is 10.6. The molecule has 1 rings (SSSR count). The number of rotatable bonds is 5. The first-order valence-corrected chi connectivity index (χ1v) is 5.35. The second kappa shape index (κ2) is 5.75. The summed E-state index contributed by atoms with van der Waals surface area (Å²) in [5, 5.41) is 21.7. The molecule has 3 N–H and O–H groups in total. The average Bonchev–Trinajstić information content (AvgIpc) is 2.29. The van der Waals surface area contributed by atoms with E-state index in [-0.39, 0.29) is 18.0 Å². The molecule has 0 aromatic heterocycles. The number of benzene rings is 1. The number of methoxy groups -OCH3 is 1. The van der Waals surface area contributed by atoms with Crippen LogP contribution in [0.2, 0.25) is 5.02 Å². The van der Waals surface area contributed by atoms with Crippen LogP contribution in [0, 0.1) is 0 Å². The fraction of sp³-hybridized carbons (Fsp3) is 0.364. The maximum Gasteiger partial charge on any atom is 0.320 e. The van der Waals surface area contributed by atoms with E-state index < -0.39 is 12.0 Å². The van der Waals surface area contributed by atoms with Gasteiger partial charge >= 0.3 is 5.97 Å². The number of aliphatic carboxylic acids is 1. The second-order valence-electron chi connectivity index (χ2n) is 3.56. The Morgan fingerprint density at radius 3 is 2.76 bits per heavy atom. The Hall–Kier alpha value is -1.46. The normalized spacial score (nSPS) is 12.2. The van der Waals surface area contributed by atoms with E-state index in [2.05, 4.69) is 5.32 Å². The zero-order valence-corrected chi connectivity index (χ0v) is 10.3. The molecule has 1 aromatic rings. The highest BCUT2D eigenvalue weighted by molar-refractivity contribution is 6.30. The second-order valence-corrected chi connectivity index (χ2v) is 3.99. The molecule has 0 aliphatic rings. The molecule has 0 unspecified atom stereocenters. The van der Waals surface area contributed by atoms with Gasteiger partial charge in [0.25, 0.3) is 0 Å². The van der Waals surface area contributed by atoms with Gasteiger partial charge in [-0.1, -0.05) is 11.6 Å². The zero-order valence-electron chi connectivity index (χ0n) is 9.53. The molecule has 0 heterocycles. The van der Waals surface area contributed by atoms with Crippen molar-refractivity contribution in [2.24, 2.45) is 0 Å². The molecule has 0 bridgehead atoms. The number of halogens is 1. The van der Waals surface area contributed by atoms with Gasteiger partial charge in [-0.3, -0.25) is 4.79 Å². The van der Waals surface area contributed by atoms with Gasteiger partial charge in [-0.15, -0.1) is 0 Å². The van der Waals surface area contributed by atoms with Crippen molar-refractivity contribution >= 4 is 17.6 Å². The van der Waals surface area contributed by atoms with Crippen LogP contribution in [-0.4, -0.2) is 29.3 Å². The average molecular weight is 260 g/mol. The van der Waals surface area contributed by atoms with Crippen molar-refractivity contribution in [3.8, 4) is 11.5 Å². The minimum absolute atomic E-state index is 0.0398. The summed E-state index contributed by atoms with van der Waals surface area (Å²) < 4.78 is 4.94. The van der Waals surface area contributed by atoms with Crippen molar-refractivity contribution in [1.29, 1.82) is 0 Å². The zero-order chi connectivity index (χ0) is 13.0. The fourth-order valence-electron chi connectivity index (χ4n) is 1.27. The van der Waals surface area contributed by atoms with Crippen LogP contribution < -0.4 is 10.1 Å². The van der Waals surface area contributed by atoms with Gasteiger partial charge in [0.05, 0.1) is 7.11 Å². The summed E-state index contributed by atoms with van der Waals surface area (Å²) in [7, 11) is 1.42. The quantitative estimate of drug-likeness (QED) is 0.749. The first-order chi connectivity index (χ1) is 7.95. The topological polar surface area (TPSA) is 78.8 Å². The van der Waals surface area contributed by atoms with Gasteiger partial charge in [-0.05, 0) is 13.0 Å². The van der Waals surface area contributed by atoms with Gasteiger partial charge in [-0.25, -0.2) is 0 Å². The molecule has 0 saturated heterocycles. The first kappa shape index (κ1) is 13.6. The molecule has 0 aliphatic carbocycles. The molecule has 0 saturated carbocycles. The van der Waals surface area contributed by atoms with Gasteiger partial charge in [0.2, 0.25) is 0 Å². The number of aromatic hydroxyl groups is 1. The molecule has 1 atom stereocenters. The van der Waals surface area contributed by atoms with E-state index in [1.54, 1.807) is 6.07 Å². The van der Waals surface area contributed by atoms with Crippen molar-refractivity contribution in [2.75, 3.05) is 7.11 Å². The highest BCUT2D eigenvalue weighted by Crippen LogP contribution is 2.33. The number of hydrogen-bond acceptors (Lipinski definition) is 4. The smallest absolute Gasteiger partial charge is 0.320 e. The number of carboxylic acid groups (broad SMARTS) is 1. The summed E-state index contributed by atoms with van der Waals surface area (Å²) in [6.07, 6.45) is 0. The lowest BCUT2D eigenvalue weighted by Gasteiger charge is -2.12. The molecule has 17 heavy (non-hydrogen) atoms. The molecule has 94 valence electrons. The molecule has 0 spiro atoms. The number of phenols is 1. The van der Waals surface area contributed by atoms with Crippen LogP contribution in [0.4, 0.5) is 0 Å². The predicted molar refractivity (Wildman–Crippen MR) is 63.6 cm³/mol. The fourth-order valence-corrected chi connectivity index (χ4v) is 1.50. The Morgan fingerprint density at radius 1 is 1.59 bits per heavy atom. The van der Waals surface area contributed by atoms with E-state index in [0.717, 1.165) is 0 Å². The molecule has 0 fully saturated rings. The van der Waals surface area contributed by atoms with E-state index in [9.17, 15) is 9.90 Å². The van der Waals surface area contributed by atoms with Crippen LogP contribution in [0.5, 0.6) is 11.5 Å². The van der Waals surface area contributed by atoms with Crippen LogP contribution in [0.25, 0.3) is 0 Å². The largest absolute Gasteiger partial charge is 0.504 e. The van der Waals surface area contributed by atoms with E-state index >= 15 is 0 Å². The predicted octanol–water partition coefficient (Wildman–Crippen LogP) is 1.62. The minimum Gasteiger partial charge on any atom is -0.504 e. The summed E-state index contributed by atoms with van der Waals surface area (Å²) in [5.74, 6) is -0.738. The van der Waals surface area contributed by atoms with Crippen molar-refractivity contribution in [3.05, 3.63) is 22.7 Å². The Bertz CT molecular complexity index is 422. The van der Waals surface area contributed by atoms with Crippen molar-refractivity contribution in [2.45, 2.75) is 19.5 Å². The maximum atomic E-state index is 10.6. The molecular formula is C11H14ClNO4. The molecule has 0 aliphatic heterocycles. The molecule has 6 heteroatoms. The number of phenolic OH excluding ortho intramolecular Hbond substituents is 1. The third-order valence-corrected chi connectivity index (χ3v) is 2.53. The van der Waals surface area contributed by atoms with Gasteiger partial charge in [0, 0.05) is 23.2 Å². The molecular weight excluding hydrogens is 246 g/mol. The van der Waals surface area contributed by atoms with E-state index in [1.165, 1.54) is 20.1 Å². The molecule has 0 amide bonds. The SMILES string of the molecule is COc1cc(Cl)cc(CN[C@@H](C)C(=O)O)c1O. The van der Waals surface area contributed by atoms with E-state index in [0.29, 0.717) is 10.6 Å². The monoisotopic (exact) mass is 259 g/mol. The third-order valence-electron chi connectivity index (χ3n) is 2.31. The number of hydrogen-bond donors (Lipinski definition) is 3. The Balaban J connectivity index is 2.84. The van der Waals surface area contributed by atoms with Crippen molar-refractivity contribution in [1.82, 2.24) is 5.32 Å². The number of ether oxygens (including phenoxy) is 1. The molecule has 1 aromatic carbocycles. The molecule has 0 radical (unpaired) electrons. The minimum atomic E-state index is -0.960. The van der Waals surface area contributed by atoms with Gasteiger partial charge in [0.15, 0.2) is 11.5 Å². The third kappa shape index (κ3) is 3.51. The van der Waals surface area contributed by atoms with Crippen LogP contribution in [-0.2, 0) is 11.3 Å². The Labute approximate surface area is 104 Å². The summed E-state index contributed by atoms with van der Waals surface area (Å²) in [6, 6.07) is 2.33. The highest BCUT2D eigenvalue weighted by Gasteiger charge is 2.13. The lowest BCUT2D eigenvalue weighted by atomic mass is 10.1. The van der Waals surface area contributed by atoms with Gasteiger partial charge in [0.1, 0.15) is 6.04 Å². The molecule has 5 nitrogen and oxygen atoms in total. The van der Waals surface area contributed by atoms with E-state index in [4.69, 9.17) is 21.4 Å². The van der Waals surface area contributed by atoms with Crippen molar-refractivity contribution < 1.29 is 19.7 Å². The summed E-state index contributed by atoms with van der Waals surface area (Å²) in [5.41, 5.74) is 0.488. The van der Waals surface area contributed by atoms with E-state index in [1.807, 2.05) is 0 Å². The summed E-state index contributed by atoms with van der Waals surface area (Å²) in [6.45, 7) is 1.71. The van der Waals surface area contributed by atoms with Gasteiger partial charge in [-0.2, -0.15) is 0 Å². The van der Waals surface area contributed by atoms with Gasteiger partial charge < -0.3 is 20.3 Å².